The Kier molecular flexibility index (Phi) is 4.03. The van der Waals surface area contributed by atoms with E-state index in [2.05, 4.69) is 0 Å². The van der Waals surface area contributed by atoms with Crippen molar-refractivity contribution in [1.29, 1.82) is 0 Å². The zero-order valence-corrected chi connectivity index (χ0v) is 12.2. The van der Waals surface area contributed by atoms with E-state index in [0.717, 1.165) is 0 Å². The molecule has 1 heterocycles. The van der Waals surface area contributed by atoms with E-state index in [1.54, 1.807) is 6.92 Å². The number of aliphatic carboxylic acids is 1. The lowest BCUT2D eigenvalue weighted by molar-refractivity contribution is -0.385. The number of amides is 1. The molecule has 0 saturated carbocycles. The van der Waals surface area contributed by atoms with Crippen molar-refractivity contribution < 1.29 is 24.4 Å². The van der Waals surface area contributed by atoms with Gasteiger partial charge in [-0.15, -0.1) is 0 Å². The Labute approximate surface area is 126 Å². The first-order valence-corrected chi connectivity index (χ1v) is 6.63. The zero-order chi connectivity index (χ0) is 16.5. The first-order chi connectivity index (χ1) is 10.3. The summed E-state index contributed by atoms with van der Waals surface area (Å²) in [4.78, 5) is 35.5. The van der Waals surface area contributed by atoms with E-state index < -0.39 is 22.2 Å². The van der Waals surface area contributed by atoms with Crippen LogP contribution in [0, 0.1) is 15.5 Å². The SMILES string of the molecule is COc1ccc([N+](=O)[O-])c(C(=O)N2CCC(C)(C(=O)O)C2)c1. The second-order valence-electron chi connectivity index (χ2n) is 5.48. The highest BCUT2D eigenvalue weighted by molar-refractivity contribution is 5.99. The highest BCUT2D eigenvalue weighted by Gasteiger charge is 2.43. The largest absolute Gasteiger partial charge is 0.497 e. The van der Waals surface area contributed by atoms with Gasteiger partial charge in [0.15, 0.2) is 0 Å². The molecule has 8 heteroatoms. The number of benzene rings is 1. The molecule has 0 bridgehead atoms. The minimum absolute atomic E-state index is 0.0233. The summed E-state index contributed by atoms with van der Waals surface area (Å²) in [5.41, 5.74) is -1.45. The van der Waals surface area contributed by atoms with Crippen molar-refractivity contribution in [2.24, 2.45) is 5.41 Å². The third-order valence-corrected chi connectivity index (χ3v) is 3.91. The summed E-state index contributed by atoms with van der Waals surface area (Å²) in [5, 5.41) is 20.3. The average molecular weight is 308 g/mol. The number of methoxy groups -OCH3 is 1. The van der Waals surface area contributed by atoms with Gasteiger partial charge in [-0.25, -0.2) is 0 Å². The van der Waals surface area contributed by atoms with E-state index >= 15 is 0 Å². The topological polar surface area (TPSA) is 110 Å². The van der Waals surface area contributed by atoms with Crippen LogP contribution in [0.4, 0.5) is 5.69 Å². The molecule has 8 nitrogen and oxygen atoms in total. The number of hydrogen-bond acceptors (Lipinski definition) is 5. The van der Waals surface area contributed by atoms with E-state index in [1.165, 1.54) is 30.2 Å². The van der Waals surface area contributed by atoms with Crippen molar-refractivity contribution in [3.63, 3.8) is 0 Å². The van der Waals surface area contributed by atoms with E-state index in [-0.39, 0.29) is 24.3 Å². The molecule has 1 aromatic rings. The summed E-state index contributed by atoms with van der Waals surface area (Å²) in [6, 6.07) is 3.91. The van der Waals surface area contributed by atoms with E-state index in [1.807, 2.05) is 0 Å². The molecule has 0 spiro atoms. The third kappa shape index (κ3) is 2.72. The average Bonchev–Trinajstić information content (AvgIpc) is 2.89. The summed E-state index contributed by atoms with van der Waals surface area (Å²) in [6.07, 6.45) is 0.311. The van der Waals surface area contributed by atoms with Crippen LogP contribution in [-0.4, -0.2) is 47.0 Å². The molecule has 0 radical (unpaired) electrons. The van der Waals surface area contributed by atoms with Crippen LogP contribution < -0.4 is 4.74 Å². The molecule has 1 aliphatic rings. The molecule has 2 rings (SSSR count). The Morgan fingerprint density at radius 2 is 2.14 bits per heavy atom. The standard InChI is InChI=1S/C14H16N2O6/c1-14(13(18)19)5-6-15(8-14)12(17)10-7-9(22-2)3-4-11(10)16(20)21/h3-4,7H,5-6,8H2,1-2H3,(H,18,19). The van der Waals surface area contributed by atoms with E-state index in [0.29, 0.717) is 12.2 Å². The third-order valence-electron chi connectivity index (χ3n) is 3.91. The zero-order valence-electron chi connectivity index (χ0n) is 12.2. The second kappa shape index (κ2) is 5.63. The maximum Gasteiger partial charge on any atom is 0.311 e. The van der Waals surface area contributed by atoms with Gasteiger partial charge in [0, 0.05) is 19.2 Å². The smallest absolute Gasteiger partial charge is 0.311 e. The minimum Gasteiger partial charge on any atom is -0.497 e. The predicted octanol–water partition coefficient (Wildman–Crippen LogP) is 1.54. The molecule has 1 unspecified atom stereocenters. The summed E-state index contributed by atoms with van der Waals surface area (Å²) in [5.74, 6) is -1.22. The highest BCUT2D eigenvalue weighted by Crippen LogP contribution is 2.33. The van der Waals surface area contributed by atoms with Crippen molar-refractivity contribution in [3.05, 3.63) is 33.9 Å². The normalized spacial score (nSPS) is 20.7. The number of likely N-dealkylation sites (tertiary alicyclic amines) is 1. The molecule has 1 aromatic carbocycles. The number of carbonyl (C=O) groups is 2. The number of rotatable bonds is 4. The molecule has 1 N–H and O–H groups in total. The molecule has 1 fully saturated rings. The van der Waals surface area contributed by atoms with Gasteiger partial charge in [0.05, 0.1) is 17.4 Å². The Bertz CT molecular complexity index is 644. The van der Waals surface area contributed by atoms with Crippen molar-refractivity contribution >= 4 is 17.6 Å². The number of carboxylic acids is 1. The van der Waals surface area contributed by atoms with Gasteiger partial charge in [-0.1, -0.05) is 0 Å². The first kappa shape index (κ1) is 15.7. The Balaban J connectivity index is 2.34. The lowest BCUT2D eigenvalue weighted by Crippen LogP contribution is -2.35. The Morgan fingerprint density at radius 3 is 2.64 bits per heavy atom. The minimum atomic E-state index is -1.02. The molecule has 118 valence electrons. The number of carboxylic acid groups (broad SMARTS) is 1. The maximum absolute atomic E-state index is 12.5. The van der Waals surface area contributed by atoms with Gasteiger partial charge in [-0.2, -0.15) is 0 Å². The number of nitro benzene ring substituents is 1. The van der Waals surface area contributed by atoms with Crippen molar-refractivity contribution in [2.45, 2.75) is 13.3 Å². The van der Waals surface area contributed by atoms with Gasteiger partial charge in [0.1, 0.15) is 11.3 Å². The predicted molar refractivity (Wildman–Crippen MR) is 75.9 cm³/mol. The first-order valence-electron chi connectivity index (χ1n) is 6.63. The van der Waals surface area contributed by atoms with Crippen LogP contribution in [0.5, 0.6) is 5.75 Å². The molecule has 1 saturated heterocycles. The van der Waals surface area contributed by atoms with Gasteiger partial charge in [0.2, 0.25) is 0 Å². The van der Waals surface area contributed by atoms with Crippen LogP contribution in [0.15, 0.2) is 18.2 Å². The Hall–Kier alpha value is -2.64. The van der Waals surface area contributed by atoms with Crippen molar-refractivity contribution in [1.82, 2.24) is 4.90 Å². The van der Waals surface area contributed by atoms with E-state index in [4.69, 9.17) is 4.74 Å². The summed E-state index contributed by atoms with van der Waals surface area (Å²) in [6.45, 7) is 1.83. The van der Waals surface area contributed by atoms with Crippen LogP contribution in [0.1, 0.15) is 23.7 Å². The fourth-order valence-electron chi connectivity index (χ4n) is 2.45. The van der Waals surface area contributed by atoms with Gasteiger partial charge in [-0.05, 0) is 25.5 Å². The number of hydrogen-bond donors (Lipinski definition) is 1. The van der Waals surface area contributed by atoms with Gasteiger partial charge >= 0.3 is 5.97 Å². The molecule has 1 aliphatic heterocycles. The molecule has 0 aromatic heterocycles. The summed E-state index contributed by atoms with van der Waals surface area (Å²) >= 11 is 0. The maximum atomic E-state index is 12.5. The fraction of sp³-hybridized carbons (Fsp3) is 0.429. The molecular formula is C14H16N2O6. The lowest BCUT2D eigenvalue weighted by Gasteiger charge is -2.20. The summed E-state index contributed by atoms with van der Waals surface area (Å²) < 4.78 is 4.99. The van der Waals surface area contributed by atoms with Gasteiger partial charge in [-0.3, -0.25) is 19.7 Å². The van der Waals surface area contributed by atoms with Crippen LogP contribution >= 0.6 is 0 Å². The number of nitrogens with zero attached hydrogens (tertiary/aromatic N) is 2. The van der Waals surface area contributed by atoms with Crippen LogP contribution in [0.3, 0.4) is 0 Å². The number of carbonyl (C=O) groups excluding carboxylic acids is 1. The molecule has 0 aliphatic carbocycles. The highest BCUT2D eigenvalue weighted by atomic mass is 16.6. The van der Waals surface area contributed by atoms with Crippen molar-refractivity contribution in [3.8, 4) is 5.75 Å². The van der Waals surface area contributed by atoms with Crippen LogP contribution in [0.2, 0.25) is 0 Å². The van der Waals surface area contributed by atoms with Crippen LogP contribution in [0.25, 0.3) is 0 Å². The Morgan fingerprint density at radius 1 is 1.45 bits per heavy atom. The monoisotopic (exact) mass is 308 g/mol. The second-order valence-corrected chi connectivity index (χ2v) is 5.48. The molecule has 22 heavy (non-hydrogen) atoms. The number of nitro groups is 1. The van der Waals surface area contributed by atoms with Crippen LogP contribution in [-0.2, 0) is 4.79 Å². The molecule has 1 amide bonds. The number of ether oxygens (including phenoxy) is 1. The summed E-state index contributed by atoms with van der Waals surface area (Å²) in [7, 11) is 1.40. The molecular weight excluding hydrogens is 292 g/mol. The van der Waals surface area contributed by atoms with Gasteiger partial charge < -0.3 is 14.7 Å². The molecule has 1 atom stereocenters. The lowest BCUT2D eigenvalue weighted by atomic mass is 9.90. The fourth-order valence-corrected chi connectivity index (χ4v) is 2.45. The van der Waals surface area contributed by atoms with Crippen molar-refractivity contribution in [2.75, 3.05) is 20.2 Å². The quantitative estimate of drug-likeness (QED) is 0.667. The van der Waals surface area contributed by atoms with E-state index in [9.17, 15) is 24.8 Å². The van der Waals surface area contributed by atoms with Gasteiger partial charge in [0.25, 0.3) is 11.6 Å².